The van der Waals surface area contributed by atoms with Crippen LogP contribution in [0.5, 0.6) is 0 Å². The van der Waals surface area contributed by atoms with Crippen LogP contribution in [-0.2, 0) is 5.41 Å². The third-order valence-electron chi connectivity index (χ3n) is 7.60. The van der Waals surface area contributed by atoms with Crippen LogP contribution in [0.2, 0.25) is 0 Å². The summed E-state index contributed by atoms with van der Waals surface area (Å²) < 4.78 is 0. The summed E-state index contributed by atoms with van der Waals surface area (Å²) >= 11 is 0. The standard InChI is InChI=1S/C32H36N2O/c1-20(2)21-9-11-22(12-10-21)30-27-8-6-7-26(27)28-19-25(17-18-29(28)34-30)33-31(35)23-13-15-24(16-14-23)32(3,4)5/h6-7,9-20,26-27,30,34H,8H2,1-5H3,(H,33,35). The van der Waals surface area contributed by atoms with Gasteiger partial charge in [0.1, 0.15) is 0 Å². The Morgan fingerprint density at radius 3 is 2.34 bits per heavy atom. The first-order chi connectivity index (χ1) is 16.7. The molecular formula is C32H36N2O. The van der Waals surface area contributed by atoms with Gasteiger partial charge in [0.25, 0.3) is 5.91 Å². The maximum atomic E-state index is 12.9. The van der Waals surface area contributed by atoms with Gasteiger partial charge >= 0.3 is 0 Å². The fraction of sp³-hybridized carbons (Fsp3) is 0.344. The summed E-state index contributed by atoms with van der Waals surface area (Å²) in [5, 5.41) is 6.93. The molecule has 3 atom stereocenters. The number of benzene rings is 3. The zero-order chi connectivity index (χ0) is 24.7. The lowest BCUT2D eigenvalue weighted by Gasteiger charge is -2.38. The second-order valence-corrected chi connectivity index (χ2v) is 11.4. The molecule has 0 radical (unpaired) electrons. The van der Waals surface area contributed by atoms with E-state index in [2.05, 4.69) is 93.8 Å². The summed E-state index contributed by atoms with van der Waals surface area (Å²) in [4.78, 5) is 12.9. The molecule has 1 amide bonds. The normalized spacial score (nSPS) is 20.8. The van der Waals surface area contributed by atoms with Crippen LogP contribution in [0.3, 0.4) is 0 Å². The lowest BCUT2D eigenvalue weighted by molar-refractivity contribution is 0.102. The number of hydrogen-bond acceptors (Lipinski definition) is 2. The minimum atomic E-state index is -0.0733. The molecule has 1 aliphatic carbocycles. The summed E-state index contributed by atoms with van der Waals surface area (Å²) in [6.07, 6.45) is 5.71. The van der Waals surface area contributed by atoms with Crippen molar-refractivity contribution in [1.82, 2.24) is 0 Å². The molecule has 0 bridgehead atoms. The Hall–Kier alpha value is -3.33. The number of carbonyl (C=O) groups is 1. The molecule has 1 aliphatic heterocycles. The SMILES string of the molecule is CC(C)c1ccc(C2Nc3ccc(NC(=O)c4ccc(C(C)(C)C)cc4)cc3C3C=CCC32)cc1. The Bertz CT molecular complexity index is 1250. The molecule has 3 heteroatoms. The first-order valence-corrected chi connectivity index (χ1v) is 12.8. The average Bonchev–Trinajstić information content (AvgIpc) is 3.34. The second-order valence-electron chi connectivity index (χ2n) is 11.4. The van der Waals surface area contributed by atoms with E-state index in [4.69, 9.17) is 0 Å². The van der Waals surface area contributed by atoms with E-state index in [9.17, 15) is 4.79 Å². The minimum Gasteiger partial charge on any atom is -0.378 e. The van der Waals surface area contributed by atoms with Crippen molar-refractivity contribution in [2.24, 2.45) is 5.92 Å². The molecule has 0 saturated carbocycles. The van der Waals surface area contributed by atoms with E-state index in [-0.39, 0.29) is 17.4 Å². The van der Waals surface area contributed by atoms with Crippen molar-refractivity contribution in [2.45, 2.75) is 64.3 Å². The average molecular weight is 465 g/mol. The van der Waals surface area contributed by atoms with Crippen molar-refractivity contribution < 1.29 is 4.79 Å². The summed E-state index contributed by atoms with van der Waals surface area (Å²) in [7, 11) is 0. The smallest absolute Gasteiger partial charge is 0.255 e. The highest BCUT2D eigenvalue weighted by Crippen LogP contribution is 2.50. The number of carbonyl (C=O) groups excluding carboxylic acids is 1. The van der Waals surface area contributed by atoms with Gasteiger partial charge < -0.3 is 10.6 Å². The van der Waals surface area contributed by atoms with Crippen LogP contribution in [0.4, 0.5) is 11.4 Å². The van der Waals surface area contributed by atoms with E-state index >= 15 is 0 Å². The molecule has 3 nitrogen and oxygen atoms in total. The Labute approximate surface area is 209 Å². The number of fused-ring (bicyclic) bond motifs is 3. The van der Waals surface area contributed by atoms with Crippen LogP contribution in [-0.4, -0.2) is 5.91 Å². The van der Waals surface area contributed by atoms with Crippen LogP contribution in [0.15, 0.2) is 78.9 Å². The molecule has 2 N–H and O–H groups in total. The van der Waals surface area contributed by atoms with E-state index in [0.717, 1.165) is 17.8 Å². The summed E-state index contributed by atoms with van der Waals surface area (Å²) in [5.74, 6) is 1.29. The molecule has 3 aromatic carbocycles. The van der Waals surface area contributed by atoms with E-state index in [1.165, 1.54) is 22.3 Å². The zero-order valence-corrected chi connectivity index (χ0v) is 21.4. The Morgan fingerprint density at radius 2 is 1.69 bits per heavy atom. The molecule has 0 spiro atoms. The number of hydrogen-bond donors (Lipinski definition) is 2. The van der Waals surface area contributed by atoms with Crippen LogP contribution in [0, 0.1) is 5.92 Å². The van der Waals surface area contributed by atoms with Crippen LogP contribution in [0.1, 0.15) is 91.5 Å². The third-order valence-corrected chi connectivity index (χ3v) is 7.60. The highest BCUT2D eigenvalue weighted by Gasteiger charge is 2.38. The monoisotopic (exact) mass is 464 g/mol. The van der Waals surface area contributed by atoms with Gasteiger partial charge in [-0.3, -0.25) is 4.79 Å². The van der Waals surface area contributed by atoms with E-state index in [1.807, 2.05) is 30.3 Å². The van der Waals surface area contributed by atoms with Gasteiger partial charge in [0.2, 0.25) is 0 Å². The van der Waals surface area contributed by atoms with Crippen molar-refractivity contribution in [3.8, 4) is 0 Å². The molecule has 180 valence electrons. The molecule has 1 heterocycles. The highest BCUT2D eigenvalue weighted by atomic mass is 16.1. The van der Waals surface area contributed by atoms with Gasteiger partial charge in [0, 0.05) is 22.9 Å². The largest absolute Gasteiger partial charge is 0.378 e. The Kier molecular flexibility index (Phi) is 6.04. The number of amides is 1. The van der Waals surface area contributed by atoms with Gasteiger partial charge in [-0.05, 0) is 76.3 Å². The van der Waals surface area contributed by atoms with Crippen molar-refractivity contribution >= 4 is 17.3 Å². The van der Waals surface area contributed by atoms with Gasteiger partial charge in [0.15, 0.2) is 0 Å². The molecule has 0 aromatic heterocycles. The number of anilines is 2. The second kappa shape index (κ2) is 9.03. The predicted octanol–water partition coefficient (Wildman–Crippen LogP) is 8.19. The van der Waals surface area contributed by atoms with Gasteiger partial charge in [-0.25, -0.2) is 0 Å². The molecule has 35 heavy (non-hydrogen) atoms. The third kappa shape index (κ3) is 4.65. The summed E-state index contributed by atoms with van der Waals surface area (Å²) in [6.45, 7) is 11.0. The highest BCUT2D eigenvalue weighted by molar-refractivity contribution is 6.04. The van der Waals surface area contributed by atoms with Crippen molar-refractivity contribution in [3.05, 3.63) is 107 Å². The summed E-state index contributed by atoms with van der Waals surface area (Å²) in [6, 6.07) is 23.6. The molecular weight excluding hydrogens is 428 g/mol. The van der Waals surface area contributed by atoms with Crippen molar-refractivity contribution in [2.75, 3.05) is 10.6 Å². The lowest BCUT2D eigenvalue weighted by atomic mass is 9.76. The molecule has 3 unspecified atom stereocenters. The maximum Gasteiger partial charge on any atom is 0.255 e. The quantitative estimate of drug-likeness (QED) is 0.382. The molecule has 3 aromatic rings. The fourth-order valence-corrected chi connectivity index (χ4v) is 5.42. The van der Waals surface area contributed by atoms with Gasteiger partial charge in [-0.1, -0.05) is 83.2 Å². The first kappa shape index (κ1) is 23.4. The first-order valence-electron chi connectivity index (χ1n) is 12.8. The molecule has 5 rings (SSSR count). The zero-order valence-electron chi connectivity index (χ0n) is 21.4. The number of allylic oxidation sites excluding steroid dienone is 2. The van der Waals surface area contributed by atoms with Crippen LogP contribution >= 0.6 is 0 Å². The molecule has 0 saturated heterocycles. The van der Waals surface area contributed by atoms with Gasteiger partial charge in [-0.2, -0.15) is 0 Å². The van der Waals surface area contributed by atoms with Crippen molar-refractivity contribution in [1.29, 1.82) is 0 Å². The topological polar surface area (TPSA) is 41.1 Å². The summed E-state index contributed by atoms with van der Waals surface area (Å²) in [5.41, 5.74) is 7.95. The van der Waals surface area contributed by atoms with Crippen LogP contribution < -0.4 is 10.6 Å². The maximum absolute atomic E-state index is 12.9. The van der Waals surface area contributed by atoms with E-state index in [1.54, 1.807) is 0 Å². The van der Waals surface area contributed by atoms with Gasteiger partial charge in [0.05, 0.1) is 6.04 Å². The number of rotatable bonds is 4. The van der Waals surface area contributed by atoms with Crippen molar-refractivity contribution in [3.63, 3.8) is 0 Å². The van der Waals surface area contributed by atoms with Gasteiger partial charge in [-0.15, -0.1) is 0 Å². The van der Waals surface area contributed by atoms with Crippen LogP contribution in [0.25, 0.3) is 0 Å². The van der Waals surface area contributed by atoms with E-state index < -0.39 is 0 Å². The fourth-order valence-electron chi connectivity index (χ4n) is 5.42. The molecule has 2 aliphatic rings. The Morgan fingerprint density at radius 1 is 0.971 bits per heavy atom. The lowest BCUT2D eigenvalue weighted by Crippen LogP contribution is -2.29. The molecule has 0 fully saturated rings. The Balaban J connectivity index is 1.36. The minimum absolute atomic E-state index is 0.0696. The predicted molar refractivity (Wildman–Crippen MR) is 146 cm³/mol. The van der Waals surface area contributed by atoms with E-state index in [0.29, 0.717) is 23.3 Å². The number of nitrogens with one attached hydrogen (secondary N) is 2.